The molecule has 9 heteroatoms. The molecule has 0 unspecified atom stereocenters. The molecule has 0 aliphatic carbocycles. The van der Waals surface area contributed by atoms with E-state index in [1.165, 1.54) is 17.9 Å². The standard InChI is InChI=1S/C40H35N2O6P/c1-27(43)36-34(26-35(44)28-15-14-16-29(25-28)37(45)41-30-17-6-2-7-18-30)42(38(36)46)39(40(47)48)49(31-19-8-3-9-20-31,32-21-10-4-11-22-32)33-23-12-5-13-24-33/h2-25,27,34,36,43H,26H2,1H3,(H,41,45)(H,47,48)/t27-,34-,36-/m1/s1. The van der Waals surface area contributed by atoms with E-state index >= 15 is 0 Å². The molecule has 49 heavy (non-hydrogen) atoms. The lowest BCUT2D eigenvalue weighted by Crippen LogP contribution is -2.68. The molecule has 5 aromatic rings. The number of anilines is 1. The summed E-state index contributed by atoms with van der Waals surface area (Å²) in [6.45, 7) is -1.79. The Morgan fingerprint density at radius 2 is 1.18 bits per heavy atom. The van der Waals surface area contributed by atoms with Gasteiger partial charge in [-0.05, 0) is 47.1 Å². The molecule has 8 nitrogen and oxygen atoms in total. The minimum atomic E-state index is -3.27. The normalized spacial score (nSPS) is 16.3. The smallest absolute Gasteiger partial charge is 0.353 e. The number of rotatable bonds is 11. The summed E-state index contributed by atoms with van der Waals surface area (Å²) < 4.78 is 0. The molecule has 3 N–H and O–H groups in total. The fraction of sp³-hybridized carbons (Fsp3) is 0.125. The number of ketones is 1. The summed E-state index contributed by atoms with van der Waals surface area (Å²) in [5.41, 5.74) is 0.970. The van der Waals surface area contributed by atoms with Crippen LogP contribution < -0.4 is 21.2 Å². The SMILES string of the molecule is C[C@@H](O)[C@H]1C(=O)N(C(C(=O)O)=P(c2ccccc2)(c2ccccc2)c2ccccc2)[C@@H]1CC(=O)c1cccc(C(=O)Nc2ccccc2)c1. The Kier molecular flexibility index (Phi) is 9.72. The molecule has 1 saturated heterocycles. The van der Waals surface area contributed by atoms with Crippen LogP contribution in [0.5, 0.6) is 0 Å². The van der Waals surface area contributed by atoms with Crippen LogP contribution in [0.1, 0.15) is 34.1 Å². The summed E-state index contributed by atoms with van der Waals surface area (Å²) in [6.07, 6.45) is -1.40. The number of aliphatic hydroxyl groups excluding tert-OH is 1. The molecule has 0 radical (unpaired) electrons. The molecule has 0 saturated carbocycles. The van der Waals surface area contributed by atoms with Crippen LogP contribution in [-0.2, 0) is 9.59 Å². The number of carbonyl (C=O) groups is 4. The Labute approximate surface area is 284 Å². The van der Waals surface area contributed by atoms with Gasteiger partial charge in [-0.25, -0.2) is 4.79 Å². The second-order valence-electron chi connectivity index (χ2n) is 11.9. The van der Waals surface area contributed by atoms with Crippen molar-refractivity contribution in [1.29, 1.82) is 0 Å². The van der Waals surface area contributed by atoms with E-state index < -0.39 is 48.5 Å². The average molecular weight is 671 g/mol. The van der Waals surface area contributed by atoms with Crippen molar-refractivity contribution < 1.29 is 29.4 Å². The fourth-order valence-corrected chi connectivity index (χ4v) is 11.0. The Morgan fingerprint density at radius 1 is 0.714 bits per heavy atom. The van der Waals surface area contributed by atoms with Crippen LogP contribution in [0.25, 0.3) is 0 Å². The molecular formula is C40H35N2O6P. The monoisotopic (exact) mass is 670 g/mol. The van der Waals surface area contributed by atoms with Crippen LogP contribution in [0, 0.1) is 5.92 Å². The number of hydrogen-bond donors (Lipinski definition) is 3. The molecule has 5 aromatic carbocycles. The third-order valence-corrected chi connectivity index (χ3v) is 13.1. The molecule has 1 fully saturated rings. The van der Waals surface area contributed by atoms with E-state index in [-0.39, 0.29) is 23.0 Å². The van der Waals surface area contributed by atoms with Gasteiger partial charge in [-0.2, -0.15) is 0 Å². The molecule has 0 spiro atoms. The molecule has 0 aromatic heterocycles. The summed E-state index contributed by atoms with van der Waals surface area (Å²) >= 11 is 0. The van der Waals surface area contributed by atoms with Crippen LogP contribution in [0.2, 0.25) is 0 Å². The van der Waals surface area contributed by atoms with Crippen LogP contribution in [0.3, 0.4) is 0 Å². The van der Waals surface area contributed by atoms with Crippen LogP contribution in [-0.4, -0.2) is 56.2 Å². The van der Waals surface area contributed by atoms with Gasteiger partial charge in [0.15, 0.2) is 5.78 Å². The van der Waals surface area contributed by atoms with Crippen molar-refractivity contribution in [2.45, 2.75) is 25.5 Å². The zero-order chi connectivity index (χ0) is 34.5. The lowest BCUT2D eigenvalue weighted by Gasteiger charge is -2.50. The molecule has 3 atom stereocenters. The minimum absolute atomic E-state index is 0.133. The Bertz CT molecular complexity index is 1950. The van der Waals surface area contributed by atoms with Crippen molar-refractivity contribution in [3.63, 3.8) is 0 Å². The van der Waals surface area contributed by atoms with Crippen molar-refractivity contribution in [3.8, 4) is 0 Å². The first kappa shape index (κ1) is 33.3. The second-order valence-corrected chi connectivity index (χ2v) is 15.2. The van der Waals surface area contributed by atoms with Gasteiger partial charge < -0.3 is 20.4 Å². The number of Topliss-reactive ketones (excluding diaryl/α,β-unsaturated/α-hetero) is 1. The number of hydrogen-bond acceptors (Lipinski definition) is 5. The summed E-state index contributed by atoms with van der Waals surface area (Å²) in [5, 5.41) is 26.9. The highest BCUT2D eigenvalue weighted by Gasteiger charge is 2.55. The van der Waals surface area contributed by atoms with E-state index in [4.69, 9.17) is 0 Å². The van der Waals surface area contributed by atoms with E-state index in [1.54, 1.807) is 42.5 Å². The van der Waals surface area contributed by atoms with Gasteiger partial charge in [0.05, 0.1) is 18.1 Å². The number of β-lactam (4-membered cyclic amide) rings is 1. The van der Waals surface area contributed by atoms with E-state index in [2.05, 4.69) is 5.32 Å². The number of aliphatic carboxylic acids is 1. The number of benzene rings is 5. The van der Waals surface area contributed by atoms with Gasteiger partial charge in [-0.15, -0.1) is 0 Å². The van der Waals surface area contributed by atoms with Gasteiger partial charge in [0, 0.05) is 30.1 Å². The number of likely N-dealkylation sites (tertiary alicyclic amines) is 1. The Hall–Kier alpha value is -5.56. The topological polar surface area (TPSA) is 124 Å². The van der Waals surface area contributed by atoms with Crippen molar-refractivity contribution in [1.82, 2.24) is 4.90 Å². The van der Waals surface area contributed by atoms with Crippen molar-refractivity contribution in [3.05, 3.63) is 157 Å². The number of carbonyl (C=O) groups excluding carboxylic acids is 3. The van der Waals surface area contributed by atoms with Crippen molar-refractivity contribution in [2.24, 2.45) is 5.92 Å². The molecule has 246 valence electrons. The maximum Gasteiger partial charge on any atom is 0.353 e. The van der Waals surface area contributed by atoms with Gasteiger partial charge in [0.1, 0.15) is 5.42 Å². The third kappa shape index (κ3) is 6.36. The molecule has 1 heterocycles. The maximum atomic E-state index is 14.1. The first-order chi connectivity index (χ1) is 23.7. The summed E-state index contributed by atoms with van der Waals surface area (Å²) in [4.78, 5) is 56.0. The van der Waals surface area contributed by atoms with E-state index in [0.717, 1.165) is 15.9 Å². The number of carboxylic acids is 1. The predicted octanol–water partition coefficient (Wildman–Crippen LogP) is 4.93. The van der Waals surface area contributed by atoms with Gasteiger partial charge >= 0.3 is 5.97 Å². The number of carboxylic acid groups (broad SMARTS) is 1. The van der Waals surface area contributed by atoms with E-state index in [9.17, 15) is 29.4 Å². The maximum absolute atomic E-state index is 14.1. The highest BCUT2D eigenvalue weighted by atomic mass is 31.2. The first-order valence-electron chi connectivity index (χ1n) is 15.9. The van der Waals surface area contributed by atoms with Crippen LogP contribution in [0.15, 0.2) is 146 Å². The first-order valence-corrected chi connectivity index (χ1v) is 17.7. The van der Waals surface area contributed by atoms with Crippen LogP contribution >= 0.6 is 6.89 Å². The highest BCUT2D eigenvalue weighted by Crippen LogP contribution is 2.49. The minimum Gasteiger partial charge on any atom is -0.477 e. The molecular weight excluding hydrogens is 635 g/mol. The number of nitrogens with zero attached hydrogens (tertiary/aromatic N) is 1. The molecule has 1 aliphatic heterocycles. The van der Waals surface area contributed by atoms with Crippen LogP contribution in [0.4, 0.5) is 5.69 Å². The summed E-state index contributed by atoms with van der Waals surface area (Å²) in [5.74, 6) is -3.65. The Morgan fingerprint density at radius 3 is 1.65 bits per heavy atom. The lowest BCUT2D eigenvalue weighted by atomic mass is 9.79. The quantitative estimate of drug-likeness (QED) is 0.104. The predicted molar refractivity (Wildman–Crippen MR) is 193 cm³/mol. The molecule has 6 rings (SSSR count). The van der Waals surface area contributed by atoms with E-state index in [1.807, 2.05) is 97.1 Å². The summed E-state index contributed by atoms with van der Waals surface area (Å²) in [7, 11) is 0. The second kappa shape index (κ2) is 14.3. The van der Waals surface area contributed by atoms with Gasteiger partial charge in [-0.1, -0.05) is 121 Å². The van der Waals surface area contributed by atoms with Gasteiger partial charge in [-0.3, -0.25) is 14.4 Å². The highest BCUT2D eigenvalue weighted by molar-refractivity contribution is 7.96. The number of nitrogens with one attached hydrogen (secondary N) is 1. The number of para-hydroxylation sites is 1. The third-order valence-electron chi connectivity index (χ3n) is 8.83. The average Bonchev–Trinajstić information content (AvgIpc) is 3.13. The van der Waals surface area contributed by atoms with Gasteiger partial charge in [0.2, 0.25) is 5.91 Å². The largest absolute Gasteiger partial charge is 0.477 e. The molecule has 1 aliphatic rings. The molecule has 0 bridgehead atoms. The van der Waals surface area contributed by atoms with Crippen molar-refractivity contribution >= 4 is 57.5 Å². The molecule has 2 amide bonds. The number of amides is 2. The van der Waals surface area contributed by atoms with Gasteiger partial charge in [0.25, 0.3) is 5.91 Å². The fourth-order valence-electron chi connectivity index (χ4n) is 6.62. The van der Waals surface area contributed by atoms with E-state index in [0.29, 0.717) is 5.69 Å². The zero-order valence-electron chi connectivity index (χ0n) is 26.7. The zero-order valence-corrected chi connectivity index (χ0v) is 27.6. The number of aliphatic hydroxyl groups is 1. The lowest BCUT2D eigenvalue weighted by molar-refractivity contribution is -0.156. The Balaban J connectivity index is 1.49. The summed E-state index contributed by atoms with van der Waals surface area (Å²) in [6, 6.07) is 42.1. The van der Waals surface area contributed by atoms with Crippen molar-refractivity contribution in [2.75, 3.05) is 5.32 Å².